The molecule has 1 aliphatic heterocycles. The van der Waals surface area contributed by atoms with Crippen LogP contribution in [0.15, 0.2) is 38.9 Å². The van der Waals surface area contributed by atoms with Crippen molar-refractivity contribution in [2.75, 3.05) is 18.8 Å². The molecule has 9 heteroatoms. The van der Waals surface area contributed by atoms with Crippen LogP contribution in [0, 0.1) is 6.92 Å². The Bertz CT molecular complexity index is 1260. The molecule has 1 fully saturated rings. The summed E-state index contributed by atoms with van der Waals surface area (Å²) in [5.74, 6) is 0.643. The van der Waals surface area contributed by atoms with Crippen LogP contribution in [-0.4, -0.2) is 48.8 Å². The first-order valence-corrected chi connectivity index (χ1v) is 11.3. The van der Waals surface area contributed by atoms with Gasteiger partial charge in [-0.3, -0.25) is 18.7 Å². The minimum atomic E-state index is -0.457. The summed E-state index contributed by atoms with van der Waals surface area (Å²) in [5, 5.41) is 0.680. The van der Waals surface area contributed by atoms with Crippen LogP contribution in [0.5, 0.6) is 0 Å². The molecule has 1 aromatic carbocycles. The van der Waals surface area contributed by atoms with Crippen molar-refractivity contribution in [3.8, 4) is 11.4 Å². The van der Waals surface area contributed by atoms with Crippen LogP contribution in [0.4, 0.5) is 0 Å². The van der Waals surface area contributed by atoms with Gasteiger partial charge in [0, 0.05) is 32.7 Å². The highest BCUT2D eigenvalue weighted by atomic mass is 32.2. The number of amides is 1. The van der Waals surface area contributed by atoms with Gasteiger partial charge in [0.05, 0.1) is 5.75 Å². The summed E-state index contributed by atoms with van der Waals surface area (Å²) in [7, 11) is 3.02. The van der Waals surface area contributed by atoms with Gasteiger partial charge in [-0.2, -0.15) is 0 Å². The van der Waals surface area contributed by atoms with Gasteiger partial charge in [0.15, 0.2) is 11.5 Å². The molecule has 0 radical (unpaired) electrons. The third kappa shape index (κ3) is 4.14. The number of aryl methyl sites for hydroxylation is 2. The predicted molar refractivity (Wildman–Crippen MR) is 121 cm³/mol. The Morgan fingerprint density at radius 1 is 1.00 bits per heavy atom. The lowest BCUT2D eigenvalue weighted by Crippen LogP contribution is -2.38. The number of fused-ring (bicyclic) bond motifs is 1. The Hall–Kier alpha value is -2.94. The number of nitrogens with zero attached hydrogens (tertiary/aromatic N) is 5. The number of carbonyl (C=O) groups excluding carboxylic acids is 1. The van der Waals surface area contributed by atoms with Crippen molar-refractivity contribution in [2.45, 2.75) is 31.2 Å². The fourth-order valence-corrected chi connectivity index (χ4v) is 4.65. The number of benzene rings is 1. The molecule has 1 saturated heterocycles. The van der Waals surface area contributed by atoms with Crippen molar-refractivity contribution in [3.05, 3.63) is 50.7 Å². The highest BCUT2D eigenvalue weighted by Gasteiger charge is 2.21. The van der Waals surface area contributed by atoms with E-state index in [2.05, 4.69) is 9.97 Å². The Morgan fingerprint density at radius 3 is 2.35 bits per heavy atom. The molecule has 1 aliphatic rings. The van der Waals surface area contributed by atoms with E-state index in [1.54, 1.807) is 7.05 Å². The molecule has 3 aromatic rings. The number of aromatic nitrogens is 4. The second-order valence-corrected chi connectivity index (χ2v) is 8.82. The van der Waals surface area contributed by atoms with Gasteiger partial charge in [-0.25, -0.2) is 14.8 Å². The van der Waals surface area contributed by atoms with Crippen molar-refractivity contribution in [1.29, 1.82) is 0 Å². The van der Waals surface area contributed by atoms with E-state index in [9.17, 15) is 14.4 Å². The van der Waals surface area contributed by atoms with Gasteiger partial charge in [-0.15, -0.1) is 0 Å². The summed E-state index contributed by atoms with van der Waals surface area (Å²) in [6.45, 7) is 3.54. The molecule has 1 amide bonds. The molecule has 162 valence electrons. The van der Waals surface area contributed by atoms with Gasteiger partial charge < -0.3 is 4.90 Å². The molecule has 0 unspecified atom stereocenters. The van der Waals surface area contributed by atoms with Crippen molar-refractivity contribution < 1.29 is 4.79 Å². The quantitative estimate of drug-likeness (QED) is 0.457. The lowest BCUT2D eigenvalue weighted by atomic mass is 10.1. The van der Waals surface area contributed by atoms with Gasteiger partial charge in [0.1, 0.15) is 10.4 Å². The molecule has 3 heterocycles. The van der Waals surface area contributed by atoms with E-state index in [1.807, 2.05) is 36.1 Å². The fraction of sp³-hybridized carbons (Fsp3) is 0.409. The summed E-state index contributed by atoms with van der Waals surface area (Å²) in [6.07, 6.45) is 3.19. The van der Waals surface area contributed by atoms with Crippen LogP contribution < -0.4 is 11.2 Å². The highest BCUT2D eigenvalue weighted by molar-refractivity contribution is 8.00. The van der Waals surface area contributed by atoms with Gasteiger partial charge in [-0.05, 0) is 26.2 Å². The van der Waals surface area contributed by atoms with Gasteiger partial charge in [-0.1, -0.05) is 41.6 Å². The molecule has 4 rings (SSSR count). The van der Waals surface area contributed by atoms with Crippen LogP contribution in [0.3, 0.4) is 0 Å². The van der Waals surface area contributed by atoms with E-state index in [4.69, 9.17) is 0 Å². The maximum Gasteiger partial charge on any atom is 0.332 e. The minimum absolute atomic E-state index is 0.0370. The lowest BCUT2D eigenvalue weighted by Gasteiger charge is -2.26. The molecule has 0 spiro atoms. The normalized spacial score (nSPS) is 14.2. The predicted octanol–water partition coefficient (Wildman–Crippen LogP) is 2.11. The molecule has 0 bridgehead atoms. The maximum absolute atomic E-state index is 12.9. The first-order chi connectivity index (χ1) is 14.9. The Balaban J connectivity index is 1.81. The van der Waals surface area contributed by atoms with E-state index in [0.717, 1.165) is 48.0 Å². The highest BCUT2D eigenvalue weighted by Crippen LogP contribution is 2.26. The lowest BCUT2D eigenvalue weighted by molar-refractivity contribution is -0.129. The zero-order valence-corrected chi connectivity index (χ0v) is 18.7. The fourth-order valence-electron chi connectivity index (χ4n) is 3.73. The topological polar surface area (TPSA) is 90.1 Å². The monoisotopic (exact) mass is 439 g/mol. The van der Waals surface area contributed by atoms with E-state index < -0.39 is 11.2 Å². The van der Waals surface area contributed by atoms with E-state index in [0.29, 0.717) is 10.9 Å². The van der Waals surface area contributed by atoms with Crippen molar-refractivity contribution in [2.24, 2.45) is 14.1 Å². The minimum Gasteiger partial charge on any atom is -0.342 e. The summed E-state index contributed by atoms with van der Waals surface area (Å²) in [4.78, 5) is 49.2. The van der Waals surface area contributed by atoms with Crippen molar-refractivity contribution >= 4 is 28.7 Å². The molecule has 31 heavy (non-hydrogen) atoms. The molecule has 0 N–H and O–H groups in total. The van der Waals surface area contributed by atoms with Gasteiger partial charge in [0.2, 0.25) is 5.91 Å². The van der Waals surface area contributed by atoms with Gasteiger partial charge in [0.25, 0.3) is 5.56 Å². The Labute approximate surface area is 183 Å². The Kier molecular flexibility index (Phi) is 5.95. The molecule has 8 nitrogen and oxygen atoms in total. The molecular weight excluding hydrogens is 414 g/mol. The standard InChI is InChI=1S/C22H25N5O3S/c1-14-7-9-15(10-8-14)18-23-19-17(21(29)26(3)22(30)25(19)2)20(24-18)31-13-16(28)27-11-5-4-6-12-27/h7-10H,4-6,11-13H2,1-3H3. The van der Waals surface area contributed by atoms with E-state index >= 15 is 0 Å². The molecule has 0 aliphatic carbocycles. The van der Waals surface area contributed by atoms with Crippen LogP contribution >= 0.6 is 11.8 Å². The van der Waals surface area contributed by atoms with Crippen LogP contribution in [0.2, 0.25) is 0 Å². The summed E-state index contributed by atoms with van der Waals surface area (Å²) in [5.41, 5.74) is 1.25. The zero-order chi connectivity index (χ0) is 22.1. The van der Waals surface area contributed by atoms with Gasteiger partial charge >= 0.3 is 5.69 Å². The number of piperidine rings is 1. The molecule has 0 saturated carbocycles. The zero-order valence-electron chi connectivity index (χ0n) is 17.9. The number of rotatable bonds is 4. The largest absolute Gasteiger partial charge is 0.342 e. The number of carbonyl (C=O) groups is 1. The third-order valence-corrected chi connectivity index (χ3v) is 6.58. The number of hydrogen-bond donors (Lipinski definition) is 0. The second kappa shape index (κ2) is 8.66. The molecule has 2 aromatic heterocycles. The smallest absolute Gasteiger partial charge is 0.332 e. The third-order valence-electron chi connectivity index (χ3n) is 5.62. The van der Waals surface area contributed by atoms with Crippen LogP contribution in [-0.2, 0) is 18.9 Å². The maximum atomic E-state index is 12.9. The average Bonchev–Trinajstić information content (AvgIpc) is 2.80. The number of hydrogen-bond acceptors (Lipinski definition) is 6. The average molecular weight is 440 g/mol. The van der Waals surface area contributed by atoms with Crippen molar-refractivity contribution in [1.82, 2.24) is 24.0 Å². The summed E-state index contributed by atoms with van der Waals surface area (Å²) >= 11 is 1.23. The number of thioether (sulfide) groups is 1. The Morgan fingerprint density at radius 2 is 1.68 bits per heavy atom. The second-order valence-electron chi connectivity index (χ2n) is 7.85. The molecule has 0 atom stereocenters. The summed E-state index contributed by atoms with van der Waals surface area (Å²) < 4.78 is 2.40. The van der Waals surface area contributed by atoms with Crippen LogP contribution in [0.1, 0.15) is 24.8 Å². The summed E-state index contributed by atoms with van der Waals surface area (Å²) in [6, 6.07) is 7.73. The first kappa shape index (κ1) is 21.3. The van der Waals surface area contributed by atoms with E-state index in [1.165, 1.54) is 23.4 Å². The first-order valence-electron chi connectivity index (χ1n) is 10.3. The number of likely N-dealkylation sites (tertiary alicyclic amines) is 1. The molecular formula is C22H25N5O3S. The van der Waals surface area contributed by atoms with E-state index in [-0.39, 0.29) is 22.7 Å². The van der Waals surface area contributed by atoms with Crippen LogP contribution in [0.25, 0.3) is 22.4 Å². The SMILES string of the molecule is Cc1ccc(-c2nc(SCC(=O)N3CCCCC3)c3c(=O)n(C)c(=O)n(C)c3n2)cc1. The van der Waals surface area contributed by atoms with Crippen molar-refractivity contribution in [3.63, 3.8) is 0 Å².